The van der Waals surface area contributed by atoms with Crippen LogP contribution in [0.1, 0.15) is 30.5 Å². The molecule has 2 aromatic rings. The third-order valence-corrected chi connectivity index (χ3v) is 3.91. The average molecular weight is 318 g/mol. The normalized spacial score (nSPS) is 10.5. The van der Waals surface area contributed by atoms with E-state index in [1.54, 1.807) is 0 Å². The monoisotopic (exact) mass is 317 g/mol. The van der Waals surface area contributed by atoms with Crippen molar-refractivity contribution in [3.8, 4) is 0 Å². The largest absolute Gasteiger partial charge is 0.381 e. The van der Waals surface area contributed by atoms with E-state index in [-0.39, 0.29) is 0 Å². The van der Waals surface area contributed by atoms with Gasteiger partial charge in [0.25, 0.3) is 0 Å². The van der Waals surface area contributed by atoms with Crippen molar-refractivity contribution in [2.45, 2.75) is 33.2 Å². The summed E-state index contributed by atoms with van der Waals surface area (Å²) in [7, 11) is 0. The van der Waals surface area contributed by atoms with Gasteiger partial charge in [0, 0.05) is 16.7 Å². The second kappa shape index (κ2) is 6.76. The predicted octanol–water partition coefficient (Wildman–Crippen LogP) is 5.19. The van der Waals surface area contributed by atoms with Gasteiger partial charge in [-0.2, -0.15) is 0 Å². The summed E-state index contributed by atoms with van der Waals surface area (Å²) in [5.74, 6) is 0. The Kier molecular flexibility index (Phi) is 5.03. The van der Waals surface area contributed by atoms with Crippen LogP contribution >= 0.6 is 15.9 Å². The zero-order chi connectivity index (χ0) is 13.7. The molecular weight excluding hydrogens is 298 g/mol. The lowest BCUT2D eigenvalue weighted by molar-refractivity contribution is 1.05. The standard InChI is InChI=1S/C17H20BrN/c1-3-14-6-5-7-15(4-2)17(14)19-12-13-8-10-16(18)11-9-13/h5-11,19H,3-4,12H2,1-2H3. The van der Waals surface area contributed by atoms with E-state index in [9.17, 15) is 0 Å². The molecular formula is C17H20BrN. The molecule has 0 radical (unpaired) electrons. The third kappa shape index (κ3) is 3.60. The van der Waals surface area contributed by atoms with Crippen molar-refractivity contribution < 1.29 is 0 Å². The first-order valence-electron chi connectivity index (χ1n) is 6.83. The molecule has 0 amide bonds. The predicted molar refractivity (Wildman–Crippen MR) is 86.7 cm³/mol. The van der Waals surface area contributed by atoms with Crippen LogP contribution in [0.15, 0.2) is 46.9 Å². The van der Waals surface area contributed by atoms with E-state index in [1.807, 2.05) is 0 Å². The number of nitrogens with one attached hydrogen (secondary N) is 1. The molecule has 100 valence electrons. The highest BCUT2D eigenvalue weighted by atomic mass is 79.9. The van der Waals surface area contributed by atoms with Gasteiger partial charge in [-0.05, 0) is 41.7 Å². The minimum atomic E-state index is 0.872. The van der Waals surface area contributed by atoms with Gasteiger partial charge in [0.05, 0.1) is 0 Å². The second-order valence-corrected chi connectivity index (χ2v) is 5.55. The van der Waals surface area contributed by atoms with E-state index >= 15 is 0 Å². The van der Waals surface area contributed by atoms with Gasteiger partial charge >= 0.3 is 0 Å². The van der Waals surface area contributed by atoms with Crippen molar-refractivity contribution in [2.75, 3.05) is 5.32 Å². The fourth-order valence-electron chi connectivity index (χ4n) is 2.26. The molecule has 0 aliphatic carbocycles. The summed E-state index contributed by atoms with van der Waals surface area (Å²) in [6.07, 6.45) is 2.13. The van der Waals surface area contributed by atoms with Crippen LogP contribution in [-0.2, 0) is 19.4 Å². The van der Waals surface area contributed by atoms with Crippen molar-refractivity contribution in [3.05, 3.63) is 63.6 Å². The highest BCUT2D eigenvalue weighted by Gasteiger charge is 2.05. The number of aryl methyl sites for hydroxylation is 2. The maximum absolute atomic E-state index is 3.60. The minimum absolute atomic E-state index is 0.872. The molecule has 2 rings (SSSR count). The maximum Gasteiger partial charge on any atom is 0.0407 e. The number of halogens is 1. The molecule has 0 aromatic heterocycles. The van der Waals surface area contributed by atoms with Crippen molar-refractivity contribution in [2.24, 2.45) is 0 Å². The van der Waals surface area contributed by atoms with Gasteiger partial charge in [0.2, 0.25) is 0 Å². The second-order valence-electron chi connectivity index (χ2n) is 4.64. The Morgan fingerprint density at radius 2 is 1.47 bits per heavy atom. The van der Waals surface area contributed by atoms with Crippen LogP contribution in [0, 0.1) is 0 Å². The molecule has 0 atom stereocenters. The Morgan fingerprint density at radius 3 is 2.00 bits per heavy atom. The number of hydrogen-bond donors (Lipinski definition) is 1. The van der Waals surface area contributed by atoms with E-state index in [0.29, 0.717) is 0 Å². The SMILES string of the molecule is CCc1cccc(CC)c1NCc1ccc(Br)cc1. The van der Waals surface area contributed by atoms with Crippen molar-refractivity contribution in [3.63, 3.8) is 0 Å². The molecule has 0 saturated heterocycles. The summed E-state index contributed by atoms with van der Waals surface area (Å²) in [4.78, 5) is 0. The van der Waals surface area contributed by atoms with E-state index < -0.39 is 0 Å². The molecule has 0 bridgehead atoms. The van der Waals surface area contributed by atoms with Gasteiger partial charge in [-0.1, -0.05) is 60.1 Å². The highest BCUT2D eigenvalue weighted by molar-refractivity contribution is 9.10. The van der Waals surface area contributed by atoms with Crippen LogP contribution in [0.4, 0.5) is 5.69 Å². The smallest absolute Gasteiger partial charge is 0.0407 e. The molecule has 0 unspecified atom stereocenters. The van der Waals surface area contributed by atoms with Crippen molar-refractivity contribution in [1.29, 1.82) is 0 Å². The Bertz CT molecular complexity index is 509. The van der Waals surface area contributed by atoms with Crippen LogP contribution in [0.2, 0.25) is 0 Å². The maximum atomic E-state index is 3.60. The summed E-state index contributed by atoms with van der Waals surface area (Å²) in [5, 5.41) is 3.60. The first-order valence-corrected chi connectivity index (χ1v) is 7.63. The Hall–Kier alpha value is -1.28. The summed E-state index contributed by atoms with van der Waals surface area (Å²) in [6.45, 7) is 5.29. The van der Waals surface area contributed by atoms with Crippen LogP contribution in [0.5, 0.6) is 0 Å². The first-order chi connectivity index (χ1) is 9.24. The van der Waals surface area contributed by atoms with Gasteiger partial charge < -0.3 is 5.32 Å². The van der Waals surface area contributed by atoms with E-state index in [2.05, 4.69) is 77.6 Å². The summed E-state index contributed by atoms with van der Waals surface area (Å²) < 4.78 is 1.12. The lowest BCUT2D eigenvalue weighted by Crippen LogP contribution is -2.05. The van der Waals surface area contributed by atoms with E-state index in [0.717, 1.165) is 23.9 Å². The lowest BCUT2D eigenvalue weighted by Gasteiger charge is -2.15. The van der Waals surface area contributed by atoms with Crippen LogP contribution in [0.25, 0.3) is 0 Å². The molecule has 19 heavy (non-hydrogen) atoms. The van der Waals surface area contributed by atoms with Gasteiger partial charge in [0.1, 0.15) is 0 Å². The number of rotatable bonds is 5. The topological polar surface area (TPSA) is 12.0 Å². The summed E-state index contributed by atoms with van der Waals surface area (Å²) in [5.41, 5.74) is 5.42. The van der Waals surface area contributed by atoms with Crippen molar-refractivity contribution >= 4 is 21.6 Å². The Balaban J connectivity index is 2.16. The first kappa shape index (κ1) is 14.1. The highest BCUT2D eigenvalue weighted by Crippen LogP contribution is 2.23. The Morgan fingerprint density at radius 1 is 0.895 bits per heavy atom. The minimum Gasteiger partial charge on any atom is -0.381 e. The zero-order valence-corrected chi connectivity index (χ0v) is 13.1. The van der Waals surface area contributed by atoms with E-state index in [4.69, 9.17) is 0 Å². The average Bonchev–Trinajstić information content (AvgIpc) is 2.46. The zero-order valence-electron chi connectivity index (χ0n) is 11.5. The summed E-state index contributed by atoms with van der Waals surface area (Å²) in [6, 6.07) is 15.1. The van der Waals surface area contributed by atoms with Gasteiger partial charge in [-0.15, -0.1) is 0 Å². The number of benzene rings is 2. The molecule has 0 saturated carbocycles. The molecule has 0 aliphatic rings. The van der Waals surface area contributed by atoms with Gasteiger partial charge in [0.15, 0.2) is 0 Å². The number of hydrogen-bond acceptors (Lipinski definition) is 1. The fourth-order valence-corrected chi connectivity index (χ4v) is 2.53. The summed E-state index contributed by atoms with van der Waals surface area (Å²) >= 11 is 3.47. The van der Waals surface area contributed by atoms with Crippen LogP contribution < -0.4 is 5.32 Å². The molecule has 0 spiro atoms. The molecule has 0 aliphatic heterocycles. The molecule has 1 N–H and O–H groups in total. The van der Waals surface area contributed by atoms with Crippen molar-refractivity contribution in [1.82, 2.24) is 0 Å². The Labute approximate surface area is 124 Å². The molecule has 2 aromatic carbocycles. The third-order valence-electron chi connectivity index (χ3n) is 3.38. The molecule has 0 fully saturated rings. The fraction of sp³-hybridized carbons (Fsp3) is 0.294. The molecule has 1 nitrogen and oxygen atoms in total. The molecule has 0 heterocycles. The van der Waals surface area contributed by atoms with Crippen LogP contribution in [-0.4, -0.2) is 0 Å². The quantitative estimate of drug-likeness (QED) is 0.800. The van der Waals surface area contributed by atoms with E-state index in [1.165, 1.54) is 22.4 Å². The number of anilines is 1. The van der Waals surface area contributed by atoms with Gasteiger partial charge in [-0.3, -0.25) is 0 Å². The molecule has 2 heteroatoms. The number of para-hydroxylation sites is 1. The van der Waals surface area contributed by atoms with Gasteiger partial charge in [-0.25, -0.2) is 0 Å². The lowest BCUT2D eigenvalue weighted by atomic mass is 10.0. The van der Waals surface area contributed by atoms with Crippen LogP contribution in [0.3, 0.4) is 0 Å².